The standard InChI is InChI=1S/C23H46O2Si2/c1-13-16-23(21(17-18(2)3)24-26(7,8)9)19(4)14-15-20(23)22(5,6)25-27(10,11)12/h13,19-21H,1-2,14-17H2,3-12H3/t19-,20-,21?,23-/m1/s1. The molecule has 4 atom stereocenters. The summed E-state index contributed by atoms with van der Waals surface area (Å²) in [6.07, 6.45) is 6.67. The van der Waals surface area contributed by atoms with Gasteiger partial charge < -0.3 is 8.85 Å². The molecule has 1 rings (SSSR count). The van der Waals surface area contributed by atoms with E-state index in [0.717, 1.165) is 12.8 Å². The third kappa shape index (κ3) is 6.41. The van der Waals surface area contributed by atoms with Crippen molar-refractivity contribution in [1.82, 2.24) is 0 Å². The molecule has 1 fully saturated rings. The van der Waals surface area contributed by atoms with Crippen LogP contribution in [0.15, 0.2) is 24.8 Å². The molecule has 0 aromatic carbocycles. The highest BCUT2D eigenvalue weighted by molar-refractivity contribution is 6.70. The zero-order chi connectivity index (χ0) is 21.3. The van der Waals surface area contributed by atoms with Crippen LogP contribution in [0.4, 0.5) is 0 Å². The molecule has 0 radical (unpaired) electrons. The first-order chi connectivity index (χ1) is 12.0. The summed E-state index contributed by atoms with van der Waals surface area (Å²) in [4.78, 5) is 0. The average Bonchev–Trinajstić information content (AvgIpc) is 2.72. The Bertz CT molecular complexity index is 527. The molecule has 0 heterocycles. The quantitative estimate of drug-likeness (QED) is 0.276. The molecule has 1 aliphatic carbocycles. The lowest BCUT2D eigenvalue weighted by Gasteiger charge is -2.53. The lowest BCUT2D eigenvalue weighted by molar-refractivity contribution is -0.0892. The van der Waals surface area contributed by atoms with Crippen molar-refractivity contribution in [2.75, 3.05) is 0 Å². The van der Waals surface area contributed by atoms with Crippen molar-refractivity contribution in [3.05, 3.63) is 24.8 Å². The van der Waals surface area contributed by atoms with E-state index in [0.29, 0.717) is 11.8 Å². The molecule has 1 unspecified atom stereocenters. The van der Waals surface area contributed by atoms with Crippen LogP contribution < -0.4 is 0 Å². The highest BCUT2D eigenvalue weighted by atomic mass is 28.4. The second kappa shape index (κ2) is 8.68. The number of rotatable bonds is 10. The Morgan fingerprint density at radius 3 is 2.11 bits per heavy atom. The van der Waals surface area contributed by atoms with Crippen LogP contribution >= 0.6 is 0 Å². The third-order valence-electron chi connectivity index (χ3n) is 5.99. The summed E-state index contributed by atoms with van der Waals surface area (Å²) < 4.78 is 13.7. The van der Waals surface area contributed by atoms with Gasteiger partial charge in [-0.1, -0.05) is 18.6 Å². The van der Waals surface area contributed by atoms with Gasteiger partial charge in [-0.15, -0.1) is 13.2 Å². The van der Waals surface area contributed by atoms with E-state index in [1.54, 1.807) is 0 Å². The maximum atomic E-state index is 6.90. The van der Waals surface area contributed by atoms with E-state index in [9.17, 15) is 0 Å². The fraction of sp³-hybridized carbons (Fsp3) is 0.826. The van der Waals surface area contributed by atoms with Gasteiger partial charge in [0.05, 0.1) is 11.7 Å². The van der Waals surface area contributed by atoms with Gasteiger partial charge in [-0.05, 0) is 97.6 Å². The van der Waals surface area contributed by atoms with Crippen LogP contribution in [0, 0.1) is 17.3 Å². The molecule has 0 aromatic rings. The summed E-state index contributed by atoms with van der Waals surface area (Å²) in [5.41, 5.74) is 1.11. The molecule has 1 aliphatic rings. The first-order valence-electron chi connectivity index (χ1n) is 10.7. The molecule has 0 aliphatic heterocycles. The molecule has 2 nitrogen and oxygen atoms in total. The second-order valence-corrected chi connectivity index (χ2v) is 20.2. The van der Waals surface area contributed by atoms with E-state index in [-0.39, 0.29) is 17.1 Å². The second-order valence-electron chi connectivity index (χ2n) is 11.3. The van der Waals surface area contributed by atoms with Crippen molar-refractivity contribution in [3.8, 4) is 0 Å². The van der Waals surface area contributed by atoms with E-state index < -0.39 is 16.6 Å². The van der Waals surface area contributed by atoms with Crippen LogP contribution in [-0.4, -0.2) is 28.3 Å². The minimum Gasteiger partial charge on any atom is -0.414 e. The van der Waals surface area contributed by atoms with Crippen LogP contribution in [0.2, 0.25) is 39.3 Å². The highest BCUT2D eigenvalue weighted by Crippen LogP contribution is 2.59. The lowest BCUT2D eigenvalue weighted by Crippen LogP contribution is -2.55. The molecule has 0 aromatic heterocycles. The van der Waals surface area contributed by atoms with Gasteiger partial charge in [0.25, 0.3) is 0 Å². The first-order valence-corrected chi connectivity index (χ1v) is 17.5. The van der Waals surface area contributed by atoms with Gasteiger partial charge in [-0.3, -0.25) is 0 Å². The Morgan fingerprint density at radius 2 is 1.70 bits per heavy atom. The Kier molecular flexibility index (Phi) is 8.00. The predicted octanol–water partition coefficient (Wildman–Crippen LogP) is 7.41. The average molecular weight is 411 g/mol. The molecule has 0 bridgehead atoms. The van der Waals surface area contributed by atoms with Gasteiger partial charge in [0.2, 0.25) is 0 Å². The van der Waals surface area contributed by atoms with Gasteiger partial charge in [0.1, 0.15) is 0 Å². The zero-order valence-electron chi connectivity index (χ0n) is 19.9. The van der Waals surface area contributed by atoms with Gasteiger partial charge >= 0.3 is 0 Å². The summed E-state index contributed by atoms with van der Waals surface area (Å²) in [5.74, 6) is 1.05. The molecule has 1 saturated carbocycles. The highest BCUT2D eigenvalue weighted by Gasteiger charge is 2.58. The Labute approximate surface area is 172 Å². The summed E-state index contributed by atoms with van der Waals surface area (Å²) in [5, 5.41) is 0. The molecule has 158 valence electrons. The molecule has 27 heavy (non-hydrogen) atoms. The smallest absolute Gasteiger partial charge is 0.184 e. The lowest BCUT2D eigenvalue weighted by atomic mass is 9.61. The van der Waals surface area contributed by atoms with Crippen LogP contribution in [0.5, 0.6) is 0 Å². The van der Waals surface area contributed by atoms with Crippen molar-refractivity contribution in [2.24, 2.45) is 17.3 Å². The maximum absolute atomic E-state index is 6.90. The topological polar surface area (TPSA) is 18.5 Å². The van der Waals surface area contributed by atoms with E-state index in [2.05, 4.69) is 86.2 Å². The fourth-order valence-corrected chi connectivity index (χ4v) is 8.38. The normalized spacial score (nSPS) is 28.2. The molecule has 0 N–H and O–H groups in total. The predicted molar refractivity (Wildman–Crippen MR) is 125 cm³/mol. The molecule has 0 amide bonds. The summed E-state index contributed by atoms with van der Waals surface area (Å²) in [6.45, 7) is 31.4. The molecule has 4 heteroatoms. The minimum atomic E-state index is -1.70. The summed E-state index contributed by atoms with van der Waals surface area (Å²) in [6, 6.07) is 0. The Balaban J connectivity index is 3.49. The number of allylic oxidation sites excluding steroid dienone is 1. The molecule has 0 spiro atoms. The monoisotopic (exact) mass is 410 g/mol. The Hall–Kier alpha value is -0.166. The van der Waals surface area contributed by atoms with Crippen molar-refractivity contribution in [3.63, 3.8) is 0 Å². The van der Waals surface area contributed by atoms with Crippen molar-refractivity contribution >= 4 is 16.6 Å². The molecular formula is C23H46O2Si2. The van der Waals surface area contributed by atoms with E-state index in [1.165, 1.54) is 18.4 Å². The SMILES string of the molecule is C=CC[C@@]1(C(CC(=C)C)O[Si](C)(C)C)[C@H](C)CC[C@@H]1C(C)(C)O[Si](C)(C)C. The minimum absolute atomic E-state index is 0.0597. The molecular weight excluding hydrogens is 364 g/mol. The summed E-state index contributed by atoms with van der Waals surface area (Å²) in [7, 11) is -3.36. The zero-order valence-corrected chi connectivity index (χ0v) is 21.9. The van der Waals surface area contributed by atoms with Gasteiger partial charge in [-0.25, -0.2) is 0 Å². The Morgan fingerprint density at radius 1 is 1.15 bits per heavy atom. The largest absolute Gasteiger partial charge is 0.414 e. The summed E-state index contributed by atoms with van der Waals surface area (Å²) >= 11 is 0. The van der Waals surface area contributed by atoms with Crippen LogP contribution in [0.1, 0.15) is 53.4 Å². The maximum Gasteiger partial charge on any atom is 0.184 e. The van der Waals surface area contributed by atoms with E-state index in [1.807, 2.05) is 0 Å². The molecule has 0 saturated heterocycles. The fourth-order valence-electron chi connectivity index (χ4n) is 5.50. The van der Waals surface area contributed by atoms with E-state index >= 15 is 0 Å². The van der Waals surface area contributed by atoms with Gasteiger partial charge in [0.15, 0.2) is 16.6 Å². The van der Waals surface area contributed by atoms with Gasteiger partial charge in [0, 0.05) is 5.41 Å². The van der Waals surface area contributed by atoms with Crippen LogP contribution in [-0.2, 0) is 8.85 Å². The van der Waals surface area contributed by atoms with Crippen molar-refractivity contribution < 1.29 is 8.85 Å². The van der Waals surface area contributed by atoms with Gasteiger partial charge in [-0.2, -0.15) is 0 Å². The van der Waals surface area contributed by atoms with Crippen molar-refractivity contribution in [1.29, 1.82) is 0 Å². The van der Waals surface area contributed by atoms with Crippen LogP contribution in [0.3, 0.4) is 0 Å². The van der Waals surface area contributed by atoms with Crippen molar-refractivity contribution in [2.45, 2.75) is 104 Å². The van der Waals surface area contributed by atoms with E-state index in [4.69, 9.17) is 8.85 Å². The number of hydrogen-bond acceptors (Lipinski definition) is 2. The first kappa shape index (κ1) is 24.9. The third-order valence-corrected chi connectivity index (χ3v) is 8.12. The number of hydrogen-bond donors (Lipinski definition) is 0. The van der Waals surface area contributed by atoms with Crippen LogP contribution in [0.25, 0.3) is 0 Å².